The molecule has 3 aromatic rings. The number of hydrogen-bond acceptors (Lipinski definition) is 4. The number of fused-ring (bicyclic) bond motifs is 1. The van der Waals surface area contributed by atoms with Gasteiger partial charge in [0.2, 0.25) is 0 Å². The lowest BCUT2D eigenvalue weighted by Crippen LogP contribution is -2.42. The number of aryl methyl sites for hydroxylation is 3. The maximum atomic E-state index is 12.6. The van der Waals surface area contributed by atoms with Gasteiger partial charge in [0.15, 0.2) is 0 Å². The van der Waals surface area contributed by atoms with Crippen LogP contribution in [0.5, 0.6) is 0 Å². The molecule has 2 N–H and O–H groups in total. The number of carboxylic acid groups (broad SMARTS) is 1. The van der Waals surface area contributed by atoms with E-state index in [4.69, 9.17) is 0 Å². The first-order valence-electron chi connectivity index (χ1n) is 8.81. The zero-order valence-corrected chi connectivity index (χ0v) is 15.9. The Labute approximate surface area is 161 Å². The van der Waals surface area contributed by atoms with E-state index < -0.39 is 17.9 Å². The van der Waals surface area contributed by atoms with Crippen LogP contribution in [0.2, 0.25) is 0 Å². The SMILES string of the molecule is Cc1cc(C)cc(CC(NC(=O)c2ccc3c(=O)n(C)cnc3c2)C(=O)O)c1. The molecule has 28 heavy (non-hydrogen) atoms. The highest BCUT2D eigenvalue weighted by Gasteiger charge is 2.22. The Morgan fingerprint density at radius 1 is 1.14 bits per heavy atom. The first-order chi connectivity index (χ1) is 13.2. The lowest BCUT2D eigenvalue weighted by atomic mass is 10.0. The number of aromatic nitrogens is 2. The van der Waals surface area contributed by atoms with E-state index in [9.17, 15) is 19.5 Å². The van der Waals surface area contributed by atoms with Gasteiger partial charge < -0.3 is 15.0 Å². The van der Waals surface area contributed by atoms with Crippen molar-refractivity contribution in [1.82, 2.24) is 14.9 Å². The monoisotopic (exact) mass is 379 g/mol. The summed E-state index contributed by atoms with van der Waals surface area (Å²) >= 11 is 0. The fourth-order valence-electron chi connectivity index (χ4n) is 3.22. The zero-order chi connectivity index (χ0) is 20.4. The summed E-state index contributed by atoms with van der Waals surface area (Å²) in [5.41, 5.74) is 3.33. The van der Waals surface area contributed by atoms with E-state index in [0.717, 1.165) is 16.7 Å². The van der Waals surface area contributed by atoms with Crippen molar-refractivity contribution in [1.29, 1.82) is 0 Å². The topological polar surface area (TPSA) is 101 Å². The Morgan fingerprint density at radius 2 is 1.82 bits per heavy atom. The van der Waals surface area contributed by atoms with Gasteiger partial charge in [0, 0.05) is 19.0 Å². The smallest absolute Gasteiger partial charge is 0.326 e. The van der Waals surface area contributed by atoms with Crippen LogP contribution in [0.1, 0.15) is 27.0 Å². The summed E-state index contributed by atoms with van der Waals surface area (Å²) in [6.07, 6.45) is 1.56. The second-order valence-electron chi connectivity index (χ2n) is 6.96. The molecular weight excluding hydrogens is 358 g/mol. The van der Waals surface area contributed by atoms with Crippen molar-refractivity contribution in [3.8, 4) is 0 Å². The number of nitrogens with one attached hydrogen (secondary N) is 1. The van der Waals surface area contributed by atoms with Crippen molar-refractivity contribution in [3.63, 3.8) is 0 Å². The lowest BCUT2D eigenvalue weighted by Gasteiger charge is -2.16. The van der Waals surface area contributed by atoms with Gasteiger partial charge in [0.05, 0.1) is 17.2 Å². The highest BCUT2D eigenvalue weighted by Crippen LogP contribution is 2.13. The van der Waals surface area contributed by atoms with Crippen molar-refractivity contribution in [2.45, 2.75) is 26.3 Å². The molecule has 0 aliphatic rings. The van der Waals surface area contributed by atoms with E-state index in [-0.39, 0.29) is 17.5 Å². The van der Waals surface area contributed by atoms with Gasteiger partial charge in [-0.1, -0.05) is 29.3 Å². The highest BCUT2D eigenvalue weighted by molar-refractivity contribution is 5.99. The quantitative estimate of drug-likeness (QED) is 0.706. The van der Waals surface area contributed by atoms with Crippen LogP contribution in [0.25, 0.3) is 10.9 Å². The zero-order valence-electron chi connectivity index (χ0n) is 15.9. The predicted molar refractivity (Wildman–Crippen MR) is 105 cm³/mol. The number of hydrogen-bond donors (Lipinski definition) is 2. The van der Waals surface area contributed by atoms with Crippen LogP contribution in [0, 0.1) is 13.8 Å². The molecule has 1 amide bonds. The molecule has 1 unspecified atom stereocenters. The Bertz CT molecular complexity index is 1110. The van der Waals surface area contributed by atoms with Crippen LogP contribution in [0.3, 0.4) is 0 Å². The number of carbonyl (C=O) groups excluding carboxylic acids is 1. The molecule has 0 fully saturated rings. The maximum Gasteiger partial charge on any atom is 0.326 e. The van der Waals surface area contributed by atoms with E-state index in [0.29, 0.717) is 10.9 Å². The summed E-state index contributed by atoms with van der Waals surface area (Å²) in [6.45, 7) is 3.88. The van der Waals surface area contributed by atoms with Gasteiger partial charge >= 0.3 is 5.97 Å². The normalized spacial score (nSPS) is 12.0. The number of carboxylic acids is 1. The minimum atomic E-state index is -1.11. The molecule has 1 heterocycles. The molecule has 2 aromatic carbocycles. The van der Waals surface area contributed by atoms with Gasteiger partial charge in [-0.2, -0.15) is 0 Å². The molecule has 0 aliphatic heterocycles. The van der Waals surface area contributed by atoms with Gasteiger partial charge in [-0.15, -0.1) is 0 Å². The van der Waals surface area contributed by atoms with Crippen molar-refractivity contribution < 1.29 is 14.7 Å². The average molecular weight is 379 g/mol. The summed E-state index contributed by atoms with van der Waals surface area (Å²) < 4.78 is 1.35. The van der Waals surface area contributed by atoms with Gasteiger partial charge in [-0.25, -0.2) is 9.78 Å². The summed E-state index contributed by atoms with van der Waals surface area (Å²) in [5.74, 6) is -1.64. The van der Waals surface area contributed by atoms with Crippen LogP contribution >= 0.6 is 0 Å². The van der Waals surface area contributed by atoms with Gasteiger partial charge in [0.25, 0.3) is 11.5 Å². The van der Waals surface area contributed by atoms with Crippen LogP contribution in [0.15, 0.2) is 47.5 Å². The highest BCUT2D eigenvalue weighted by atomic mass is 16.4. The van der Waals surface area contributed by atoms with E-state index in [2.05, 4.69) is 10.3 Å². The molecule has 1 aromatic heterocycles. The maximum absolute atomic E-state index is 12.6. The van der Waals surface area contributed by atoms with Crippen LogP contribution in [-0.4, -0.2) is 32.6 Å². The summed E-state index contributed by atoms with van der Waals surface area (Å²) in [6, 6.07) is 9.26. The largest absolute Gasteiger partial charge is 0.480 e. The second kappa shape index (κ2) is 7.64. The third-order valence-electron chi connectivity index (χ3n) is 4.51. The molecule has 0 spiro atoms. The first-order valence-corrected chi connectivity index (χ1v) is 8.81. The van der Waals surface area contributed by atoms with E-state index >= 15 is 0 Å². The molecule has 0 bridgehead atoms. The van der Waals surface area contributed by atoms with Gasteiger partial charge in [0.1, 0.15) is 6.04 Å². The molecule has 0 saturated carbocycles. The van der Waals surface area contributed by atoms with E-state index in [1.807, 2.05) is 32.0 Å². The van der Waals surface area contributed by atoms with Gasteiger partial charge in [-0.3, -0.25) is 9.59 Å². The van der Waals surface area contributed by atoms with E-state index in [1.54, 1.807) is 7.05 Å². The molecule has 144 valence electrons. The summed E-state index contributed by atoms with van der Waals surface area (Å²) in [5, 5.41) is 12.5. The third-order valence-corrected chi connectivity index (χ3v) is 4.51. The summed E-state index contributed by atoms with van der Waals surface area (Å²) in [4.78, 5) is 40.5. The molecule has 0 radical (unpaired) electrons. The number of amides is 1. The van der Waals surface area contributed by atoms with Crippen LogP contribution < -0.4 is 10.9 Å². The fraction of sp³-hybridized carbons (Fsp3) is 0.238. The molecule has 0 aliphatic carbocycles. The van der Waals surface area contributed by atoms with Crippen molar-refractivity contribution in [2.24, 2.45) is 7.05 Å². The molecule has 3 rings (SSSR count). The molecule has 7 nitrogen and oxygen atoms in total. The summed E-state index contributed by atoms with van der Waals surface area (Å²) in [7, 11) is 1.60. The molecule has 7 heteroatoms. The number of carbonyl (C=O) groups is 2. The Morgan fingerprint density at radius 3 is 2.46 bits per heavy atom. The minimum Gasteiger partial charge on any atom is -0.480 e. The van der Waals surface area contributed by atoms with Crippen molar-refractivity contribution in [3.05, 3.63) is 75.3 Å². The predicted octanol–water partition coefficient (Wildman–Crippen LogP) is 1.98. The number of aliphatic carboxylic acids is 1. The Kier molecular flexibility index (Phi) is 5.26. The fourth-order valence-corrected chi connectivity index (χ4v) is 3.22. The standard InChI is InChI=1S/C21H21N3O4/c1-12-6-13(2)8-14(7-12)9-18(21(27)28)23-19(25)15-4-5-16-17(10-15)22-11-24(3)20(16)26/h4-8,10-11,18H,9H2,1-3H3,(H,23,25)(H,27,28). The average Bonchev–Trinajstić information content (AvgIpc) is 2.63. The first kappa shape index (κ1) is 19.3. The molecule has 1 atom stereocenters. The Hall–Kier alpha value is -3.48. The minimum absolute atomic E-state index is 0.177. The second-order valence-corrected chi connectivity index (χ2v) is 6.96. The van der Waals surface area contributed by atoms with Crippen LogP contribution in [-0.2, 0) is 18.3 Å². The van der Waals surface area contributed by atoms with Crippen LogP contribution in [0.4, 0.5) is 0 Å². The molecule has 0 saturated heterocycles. The van der Waals surface area contributed by atoms with E-state index in [1.165, 1.54) is 29.1 Å². The number of rotatable bonds is 5. The lowest BCUT2D eigenvalue weighted by molar-refractivity contribution is -0.139. The van der Waals surface area contributed by atoms with Crippen molar-refractivity contribution in [2.75, 3.05) is 0 Å². The third kappa shape index (κ3) is 4.09. The Balaban J connectivity index is 1.84. The number of nitrogens with zero attached hydrogens (tertiary/aromatic N) is 2. The number of benzene rings is 2. The molecular formula is C21H21N3O4. The van der Waals surface area contributed by atoms with Crippen molar-refractivity contribution >= 4 is 22.8 Å². The van der Waals surface area contributed by atoms with Gasteiger partial charge in [-0.05, 0) is 37.6 Å².